The Hall–Kier alpha value is -1.47. The molecule has 1 aromatic rings. The van der Waals surface area contributed by atoms with Crippen LogP contribution in [0.2, 0.25) is 0 Å². The highest BCUT2D eigenvalue weighted by molar-refractivity contribution is 5.86. The second-order valence-electron chi connectivity index (χ2n) is 4.13. The number of aliphatic hydroxyl groups is 1. The third-order valence-corrected chi connectivity index (χ3v) is 2.57. The molecule has 7 nitrogen and oxygen atoms in total. The van der Waals surface area contributed by atoms with Crippen molar-refractivity contribution in [2.24, 2.45) is 0 Å². The Morgan fingerprint density at radius 2 is 2.24 bits per heavy atom. The number of carbonyl (C=O) groups is 1. The highest BCUT2D eigenvalue weighted by Gasteiger charge is 2.24. The minimum Gasteiger partial charge on any atom is -0.476 e. The summed E-state index contributed by atoms with van der Waals surface area (Å²) in [7, 11) is 1.46. The number of hydrogen-bond donors (Lipinski definition) is 2. The summed E-state index contributed by atoms with van der Waals surface area (Å²) >= 11 is 0. The van der Waals surface area contributed by atoms with E-state index in [0.717, 1.165) is 0 Å². The highest BCUT2D eigenvalue weighted by atomic mass is 16.5. The van der Waals surface area contributed by atoms with Crippen molar-refractivity contribution in [3.05, 3.63) is 11.4 Å². The smallest absolute Gasteiger partial charge is 0.358 e. The molecule has 0 fully saturated rings. The molecule has 0 aliphatic heterocycles. The van der Waals surface area contributed by atoms with E-state index < -0.39 is 11.6 Å². The molecule has 0 bridgehead atoms. The van der Waals surface area contributed by atoms with Crippen LogP contribution in [-0.4, -0.2) is 43.9 Å². The number of aromatic carboxylic acids is 1. The van der Waals surface area contributed by atoms with E-state index in [1.807, 2.05) is 6.92 Å². The van der Waals surface area contributed by atoms with Crippen molar-refractivity contribution in [1.82, 2.24) is 15.0 Å². The van der Waals surface area contributed by atoms with Gasteiger partial charge < -0.3 is 14.9 Å². The zero-order chi connectivity index (χ0) is 13.1. The van der Waals surface area contributed by atoms with Gasteiger partial charge in [-0.3, -0.25) is 0 Å². The van der Waals surface area contributed by atoms with Crippen LogP contribution in [-0.2, 0) is 17.9 Å². The number of carboxylic acid groups (broad SMARTS) is 1. The molecule has 17 heavy (non-hydrogen) atoms. The molecule has 1 unspecified atom stereocenters. The highest BCUT2D eigenvalue weighted by Crippen LogP contribution is 2.15. The normalized spacial score (nSPS) is 14.6. The molecular formula is C10H17N3O4. The van der Waals surface area contributed by atoms with Crippen LogP contribution in [0.25, 0.3) is 0 Å². The summed E-state index contributed by atoms with van der Waals surface area (Å²) < 4.78 is 6.29. The minimum absolute atomic E-state index is 0.0917. The Bertz CT molecular complexity index is 400. The van der Waals surface area contributed by atoms with Crippen molar-refractivity contribution < 1.29 is 19.7 Å². The summed E-state index contributed by atoms with van der Waals surface area (Å²) in [6, 6.07) is 0. The van der Waals surface area contributed by atoms with Gasteiger partial charge in [0, 0.05) is 7.11 Å². The van der Waals surface area contributed by atoms with Gasteiger partial charge in [0.25, 0.3) is 0 Å². The van der Waals surface area contributed by atoms with Crippen molar-refractivity contribution in [2.45, 2.75) is 39.0 Å². The molecule has 0 amide bonds. The van der Waals surface area contributed by atoms with E-state index >= 15 is 0 Å². The fourth-order valence-electron chi connectivity index (χ4n) is 1.34. The predicted molar refractivity (Wildman–Crippen MR) is 58.6 cm³/mol. The van der Waals surface area contributed by atoms with Crippen molar-refractivity contribution in [1.29, 1.82) is 0 Å². The van der Waals surface area contributed by atoms with Crippen molar-refractivity contribution >= 4 is 5.97 Å². The van der Waals surface area contributed by atoms with Crippen LogP contribution in [0.4, 0.5) is 0 Å². The van der Waals surface area contributed by atoms with E-state index in [2.05, 4.69) is 10.3 Å². The van der Waals surface area contributed by atoms with Crippen LogP contribution in [0.15, 0.2) is 0 Å². The van der Waals surface area contributed by atoms with Gasteiger partial charge in [-0.05, 0) is 13.3 Å². The van der Waals surface area contributed by atoms with Crippen LogP contribution in [0.1, 0.15) is 36.5 Å². The quantitative estimate of drug-likeness (QED) is 0.745. The van der Waals surface area contributed by atoms with E-state index in [-0.39, 0.29) is 18.8 Å². The average Bonchev–Trinajstić information content (AvgIpc) is 2.62. The molecule has 96 valence electrons. The van der Waals surface area contributed by atoms with Gasteiger partial charge in [-0.15, -0.1) is 5.10 Å². The van der Waals surface area contributed by atoms with Crippen LogP contribution in [0.5, 0.6) is 0 Å². The number of aromatic nitrogens is 3. The summed E-state index contributed by atoms with van der Waals surface area (Å²) in [6.45, 7) is 3.77. The first-order valence-corrected chi connectivity index (χ1v) is 5.28. The standard InChI is InChI=1S/C10H17N3O4/c1-4-10(2,16)6-13-7(5-17-3)8(9(14)15)11-12-13/h16H,4-6H2,1-3H3,(H,14,15). The SMILES string of the molecule is CCC(C)(O)Cn1nnc(C(=O)O)c1COC. The Labute approximate surface area is 99.0 Å². The Kier molecular flexibility index (Phi) is 4.19. The monoisotopic (exact) mass is 243 g/mol. The van der Waals surface area contributed by atoms with Crippen molar-refractivity contribution in [2.75, 3.05) is 7.11 Å². The van der Waals surface area contributed by atoms with Gasteiger partial charge in [-0.25, -0.2) is 9.48 Å². The molecule has 0 aliphatic carbocycles. The number of methoxy groups -OCH3 is 1. The summed E-state index contributed by atoms with van der Waals surface area (Å²) in [5, 5.41) is 26.2. The van der Waals surface area contributed by atoms with Crippen LogP contribution in [0.3, 0.4) is 0 Å². The Morgan fingerprint density at radius 3 is 2.71 bits per heavy atom. The van der Waals surface area contributed by atoms with Gasteiger partial charge in [-0.1, -0.05) is 12.1 Å². The molecule has 2 N–H and O–H groups in total. The first-order valence-electron chi connectivity index (χ1n) is 5.28. The molecule has 1 heterocycles. The molecule has 1 rings (SSSR count). The fourth-order valence-corrected chi connectivity index (χ4v) is 1.34. The zero-order valence-electron chi connectivity index (χ0n) is 10.2. The molecule has 0 saturated heterocycles. The van der Waals surface area contributed by atoms with E-state index in [1.165, 1.54) is 11.8 Å². The number of carboxylic acids is 1. The second kappa shape index (κ2) is 5.24. The van der Waals surface area contributed by atoms with Gasteiger partial charge in [0.2, 0.25) is 0 Å². The van der Waals surface area contributed by atoms with Crippen molar-refractivity contribution in [3.8, 4) is 0 Å². The summed E-state index contributed by atoms with van der Waals surface area (Å²) in [4.78, 5) is 10.9. The lowest BCUT2D eigenvalue weighted by Crippen LogP contribution is -2.31. The lowest BCUT2D eigenvalue weighted by molar-refractivity contribution is 0.0312. The number of hydrogen-bond acceptors (Lipinski definition) is 5. The zero-order valence-corrected chi connectivity index (χ0v) is 10.2. The first-order chi connectivity index (χ1) is 7.91. The van der Waals surface area contributed by atoms with Gasteiger partial charge in [0.1, 0.15) is 0 Å². The lowest BCUT2D eigenvalue weighted by Gasteiger charge is -2.21. The van der Waals surface area contributed by atoms with E-state index in [9.17, 15) is 9.90 Å². The maximum absolute atomic E-state index is 10.9. The van der Waals surface area contributed by atoms with Gasteiger partial charge in [0.05, 0.1) is 24.4 Å². The first kappa shape index (κ1) is 13.6. The molecule has 1 aromatic heterocycles. The summed E-state index contributed by atoms with van der Waals surface area (Å²) in [6.07, 6.45) is 0.529. The average molecular weight is 243 g/mol. The van der Waals surface area contributed by atoms with Crippen LogP contribution in [0, 0.1) is 0 Å². The second-order valence-corrected chi connectivity index (χ2v) is 4.13. The van der Waals surface area contributed by atoms with E-state index in [1.54, 1.807) is 6.92 Å². The predicted octanol–water partition coefficient (Wildman–Crippen LogP) is 0.284. The molecule has 0 spiro atoms. The summed E-state index contributed by atoms with van der Waals surface area (Å²) in [5.41, 5.74) is -0.737. The third-order valence-electron chi connectivity index (χ3n) is 2.57. The minimum atomic E-state index is -1.15. The maximum atomic E-state index is 10.9. The Balaban J connectivity index is 3.03. The van der Waals surface area contributed by atoms with Crippen LogP contribution >= 0.6 is 0 Å². The fraction of sp³-hybridized carbons (Fsp3) is 0.700. The molecule has 0 saturated carbocycles. The Morgan fingerprint density at radius 1 is 1.59 bits per heavy atom. The van der Waals surface area contributed by atoms with Gasteiger partial charge >= 0.3 is 5.97 Å². The lowest BCUT2D eigenvalue weighted by atomic mass is 10.0. The number of nitrogens with zero attached hydrogens (tertiary/aromatic N) is 3. The molecule has 0 aliphatic rings. The number of ether oxygens (including phenoxy) is 1. The maximum Gasteiger partial charge on any atom is 0.358 e. The summed E-state index contributed by atoms with van der Waals surface area (Å²) in [5.74, 6) is -1.15. The molecule has 0 aromatic carbocycles. The molecule has 1 atom stereocenters. The van der Waals surface area contributed by atoms with E-state index in [4.69, 9.17) is 9.84 Å². The van der Waals surface area contributed by atoms with Crippen LogP contribution < -0.4 is 0 Å². The largest absolute Gasteiger partial charge is 0.476 e. The molecule has 0 radical (unpaired) electrons. The molecule has 7 heteroatoms. The van der Waals surface area contributed by atoms with E-state index in [0.29, 0.717) is 12.1 Å². The van der Waals surface area contributed by atoms with Crippen molar-refractivity contribution in [3.63, 3.8) is 0 Å². The topological polar surface area (TPSA) is 97.5 Å². The molecular weight excluding hydrogens is 226 g/mol. The third kappa shape index (κ3) is 3.24. The number of rotatable bonds is 6. The van der Waals surface area contributed by atoms with Gasteiger partial charge in [0.15, 0.2) is 5.69 Å². The van der Waals surface area contributed by atoms with Gasteiger partial charge in [-0.2, -0.15) is 0 Å².